The standard InChI is InChI=1S/C11H13Br2N3S2/c1-6(2)4-14-5-9-15-16-11(18-9)8-3-7(12)10(13)17-8/h3,6,14H,4-5H2,1-2H3. The molecule has 2 rings (SSSR count). The number of nitrogens with zero attached hydrogens (tertiary/aromatic N) is 2. The van der Waals surface area contributed by atoms with Gasteiger partial charge < -0.3 is 5.32 Å². The van der Waals surface area contributed by atoms with Gasteiger partial charge in [-0.1, -0.05) is 25.2 Å². The van der Waals surface area contributed by atoms with Crippen LogP contribution in [0.3, 0.4) is 0 Å². The summed E-state index contributed by atoms with van der Waals surface area (Å²) in [6.45, 7) is 6.19. The van der Waals surface area contributed by atoms with Crippen molar-refractivity contribution in [1.82, 2.24) is 15.5 Å². The molecule has 2 aromatic heterocycles. The van der Waals surface area contributed by atoms with E-state index in [1.807, 2.05) is 0 Å². The van der Waals surface area contributed by atoms with Crippen LogP contribution in [0.25, 0.3) is 9.88 Å². The second-order valence-corrected chi connectivity index (χ2v) is 8.54. The summed E-state index contributed by atoms with van der Waals surface area (Å²) in [7, 11) is 0. The molecular weight excluding hydrogens is 398 g/mol. The van der Waals surface area contributed by atoms with Gasteiger partial charge in [0.05, 0.1) is 8.66 Å². The lowest BCUT2D eigenvalue weighted by Crippen LogP contribution is -2.18. The van der Waals surface area contributed by atoms with Crippen molar-refractivity contribution < 1.29 is 0 Å². The Kier molecular flexibility index (Phi) is 5.32. The molecule has 0 fully saturated rings. The molecule has 0 aliphatic carbocycles. The number of hydrogen-bond acceptors (Lipinski definition) is 5. The van der Waals surface area contributed by atoms with Crippen molar-refractivity contribution in [3.05, 3.63) is 19.3 Å². The number of hydrogen-bond donors (Lipinski definition) is 1. The van der Waals surface area contributed by atoms with Crippen molar-refractivity contribution in [3.8, 4) is 9.88 Å². The van der Waals surface area contributed by atoms with Gasteiger partial charge in [-0.3, -0.25) is 0 Å². The van der Waals surface area contributed by atoms with Gasteiger partial charge in [-0.15, -0.1) is 21.5 Å². The lowest BCUT2D eigenvalue weighted by atomic mass is 10.2. The third-order valence-corrected chi connectivity index (χ3v) is 6.50. The zero-order valence-electron chi connectivity index (χ0n) is 10.0. The van der Waals surface area contributed by atoms with Crippen LogP contribution in [0, 0.1) is 5.92 Å². The van der Waals surface area contributed by atoms with Crippen LogP contribution in [0.15, 0.2) is 14.3 Å². The van der Waals surface area contributed by atoms with E-state index >= 15 is 0 Å². The predicted molar refractivity (Wildman–Crippen MR) is 85.2 cm³/mol. The summed E-state index contributed by atoms with van der Waals surface area (Å²) in [6.07, 6.45) is 0. The molecule has 0 aromatic carbocycles. The normalized spacial score (nSPS) is 11.4. The van der Waals surface area contributed by atoms with Gasteiger partial charge in [0.2, 0.25) is 0 Å². The lowest BCUT2D eigenvalue weighted by Gasteiger charge is -2.03. The molecule has 7 heteroatoms. The second-order valence-electron chi connectivity index (χ2n) is 4.26. The smallest absolute Gasteiger partial charge is 0.157 e. The maximum Gasteiger partial charge on any atom is 0.157 e. The van der Waals surface area contributed by atoms with E-state index in [1.54, 1.807) is 22.7 Å². The molecule has 3 nitrogen and oxygen atoms in total. The minimum Gasteiger partial charge on any atom is -0.310 e. The minimum absolute atomic E-state index is 0.654. The molecule has 0 spiro atoms. The van der Waals surface area contributed by atoms with Gasteiger partial charge in [-0.25, -0.2) is 0 Å². The Hall–Kier alpha value is 0.180. The molecule has 0 radical (unpaired) electrons. The molecule has 0 saturated carbocycles. The minimum atomic E-state index is 0.654. The topological polar surface area (TPSA) is 37.8 Å². The molecular formula is C11H13Br2N3S2. The fourth-order valence-corrected chi connectivity index (χ4v) is 4.23. The van der Waals surface area contributed by atoms with Crippen LogP contribution in [0.4, 0.5) is 0 Å². The van der Waals surface area contributed by atoms with Gasteiger partial charge in [0.1, 0.15) is 5.01 Å². The van der Waals surface area contributed by atoms with E-state index in [2.05, 4.69) is 67.3 Å². The number of aromatic nitrogens is 2. The van der Waals surface area contributed by atoms with E-state index < -0.39 is 0 Å². The van der Waals surface area contributed by atoms with Crippen LogP contribution < -0.4 is 5.32 Å². The van der Waals surface area contributed by atoms with Crippen LogP contribution in [0.2, 0.25) is 0 Å². The third kappa shape index (κ3) is 3.84. The predicted octanol–water partition coefficient (Wildman–Crippen LogP) is 4.54. The first-order valence-electron chi connectivity index (χ1n) is 5.54. The van der Waals surface area contributed by atoms with E-state index in [0.29, 0.717) is 5.92 Å². The van der Waals surface area contributed by atoms with Gasteiger partial charge in [-0.2, -0.15) is 0 Å². The molecule has 0 atom stereocenters. The monoisotopic (exact) mass is 409 g/mol. The van der Waals surface area contributed by atoms with Gasteiger partial charge in [0.25, 0.3) is 0 Å². The summed E-state index contributed by atoms with van der Waals surface area (Å²) >= 11 is 10.3. The van der Waals surface area contributed by atoms with Gasteiger partial charge >= 0.3 is 0 Å². The van der Waals surface area contributed by atoms with E-state index in [-0.39, 0.29) is 0 Å². The zero-order valence-corrected chi connectivity index (χ0v) is 14.8. The summed E-state index contributed by atoms with van der Waals surface area (Å²) < 4.78 is 2.16. The van der Waals surface area contributed by atoms with Crippen LogP contribution in [0.5, 0.6) is 0 Å². The first-order valence-corrected chi connectivity index (χ1v) is 8.76. The van der Waals surface area contributed by atoms with Crippen molar-refractivity contribution in [2.75, 3.05) is 6.54 Å². The Morgan fingerprint density at radius 1 is 1.28 bits per heavy atom. The fourth-order valence-electron chi connectivity index (χ4n) is 1.34. The SMILES string of the molecule is CC(C)CNCc1nnc(-c2cc(Br)c(Br)s2)s1. The largest absolute Gasteiger partial charge is 0.310 e. The molecule has 2 aromatic rings. The van der Waals surface area contributed by atoms with Gasteiger partial charge in [0.15, 0.2) is 5.01 Å². The maximum absolute atomic E-state index is 4.24. The van der Waals surface area contributed by atoms with Crippen molar-refractivity contribution >= 4 is 54.5 Å². The number of rotatable bonds is 5. The maximum atomic E-state index is 4.24. The molecule has 0 aliphatic heterocycles. The highest BCUT2D eigenvalue weighted by atomic mass is 79.9. The highest BCUT2D eigenvalue weighted by Gasteiger charge is 2.11. The Morgan fingerprint density at radius 2 is 2.06 bits per heavy atom. The Morgan fingerprint density at radius 3 is 2.67 bits per heavy atom. The van der Waals surface area contributed by atoms with Crippen LogP contribution >= 0.6 is 54.5 Å². The van der Waals surface area contributed by atoms with E-state index in [0.717, 1.165) is 36.2 Å². The molecule has 1 N–H and O–H groups in total. The quantitative estimate of drug-likeness (QED) is 0.786. The second kappa shape index (κ2) is 6.56. The molecule has 98 valence electrons. The number of thiophene rings is 1. The molecule has 18 heavy (non-hydrogen) atoms. The van der Waals surface area contributed by atoms with Crippen molar-refractivity contribution in [3.63, 3.8) is 0 Å². The molecule has 0 amide bonds. The molecule has 0 aliphatic rings. The highest BCUT2D eigenvalue weighted by molar-refractivity contribution is 9.13. The van der Waals surface area contributed by atoms with Crippen molar-refractivity contribution in [1.29, 1.82) is 0 Å². The van der Waals surface area contributed by atoms with Crippen LogP contribution in [-0.2, 0) is 6.54 Å². The highest BCUT2D eigenvalue weighted by Crippen LogP contribution is 2.39. The summed E-state index contributed by atoms with van der Waals surface area (Å²) in [4.78, 5) is 1.14. The Labute approximate surface area is 131 Å². The molecule has 0 saturated heterocycles. The average molecular weight is 411 g/mol. The first kappa shape index (κ1) is 14.6. The average Bonchev–Trinajstić information content (AvgIpc) is 2.87. The molecule has 0 bridgehead atoms. The number of nitrogens with one attached hydrogen (secondary N) is 1. The fraction of sp³-hybridized carbons (Fsp3) is 0.455. The Balaban J connectivity index is 2.01. The zero-order chi connectivity index (χ0) is 13.1. The van der Waals surface area contributed by atoms with E-state index in [1.165, 1.54) is 0 Å². The summed E-state index contributed by atoms with van der Waals surface area (Å²) in [5.41, 5.74) is 0. The number of halogens is 2. The van der Waals surface area contributed by atoms with E-state index in [9.17, 15) is 0 Å². The summed E-state index contributed by atoms with van der Waals surface area (Å²) in [5.74, 6) is 0.654. The van der Waals surface area contributed by atoms with Crippen molar-refractivity contribution in [2.45, 2.75) is 20.4 Å². The Bertz CT molecular complexity index is 503. The molecule has 0 unspecified atom stereocenters. The molecule has 2 heterocycles. The van der Waals surface area contributed by atoms with Gasteiger partial charge in [-0.05, 0) is 50.4 Å². The summed E-state index contributed by atoms with van der Waals surface area (Å²) in [6, 6.07) is 2.07. The van der Waals surface area contributed by atoms with Crippen molar-refractivity contribution in [2.24, 2.45) is 5.92 Å². The van der Waals surface area contributed by atoms with Crippen LogP contribution in [-0.4, -0.2) is 16.7 Å². The summed E-state index contributed by atoms with van der Waals surface area (Å²) in [5, 5.41) is 13.8. The third-order valence-electron chi connectivity index (χ3n) is 2.15. The first-order chi connectivity index (χ1) is 8.56. The van der Waals surface area contributed by atoms with Crippen LogP contribution in [0.1, 0.15) is 18.9 Å². The van der Waals surface area contributed by atoms with Gasteiger partial charge in [0, 0.05) is 11.0 Å². The lowest BCUT2D eigenvalue weighted by molar-refractivity contribution is 0.550. The van der Waals surface area contributed by atoms with E-state index in [4.69, 9.17) is 0 Å².